The van der Waals surface area contributed by atoms with Gasteiger partial charge >= 0.3 is 0 Å². The summed E-state index contributed by atoms with van der Waals surface area (Å²) >= 11 is 0. The molecule has 2 aliphatic rings. The van der Waals surface area contributed by atoms with Crippen LogP contribution < -0.4 is 5.73 Å². The zero-order valence-electron chi connectivity index (χ0n) is 13.0. The lowest BCUT2D eigenvalue weighted by molar-refractivity contribution is 0.0821. The van der Waals surface area contributed by atoms with Crippen molar-refractivity contribution in [3.8, 4) is 0 Å². The molecule has 2 rings (SSSR count). The maximum Gasteiger partial charge on any atom is 0.0593 e. The van der Waals surface area contributed by atoms with Gasteiger partial charge in [-0.25, -0.2) is 0 Å². The fraction of sp³-hybridized carbons (Fsp3) is 1.00. The second-order valence-corrected chi connectivity index (χ2v) is 7.16. The molecule has 0 aromatic rings. The molecular formula is C16H32N2O. The van der Waals surface area contributed by atoms with Crippen molar-refractivity contribution < 1.29 is 4.74 Å². The summed E-state index contributed by atoms with van der Waals surface area (Å²) in [7, 11) is 2.21. The second kappa shape index (κ2) is 7.05. The summed E-state index contributed by atoms with van der Waals surface area (Å²) in [6.07, 6.45) is 5.29. The van der Waals surface area contributed by atoms with Crippen molar-refractivity contribution in [2.45, 2.75) is 45.6 Å². The summed E-state index contributed by atoms with van der Waals surface area (Å²) in [6, 6.07) is 0.383. The van der Waals surface area contributed by atoms with Crippen LogP contribution in [0.25, 0.3) is 0 Å². The van der Waals surface area contributed by atoms with Gasteiger partial charge in [0.1, 0.15) is 0 Å². The molecule has 4 atom stereocenters. The highest BCUT2D eigenvalue weighted by atomic mass is 16.5. The highest BCUT2D eigenvalue weighted by Gasteiger charge is 2.32. The average molecular weight is 268 g/mol. The summed E-state index contributed by atoms with van der Waals surface area (Å²) in [5.74, 6) is 3.09. The lowest BCUT2D eigenvalue weighted by Crippen LogP contribution is -2.46. The number of likely N-dealkylation sites (N-methyl/N-ethyl adjacent to an activating group) is 1. The summed E-state index contributed by atoms with van der Waals surface area (Å²) in [4.78, 5) is 2.41. The van der Waals surface area contributed by atoms with Gasteiger partial charge in [-0.15, -0.1) is 0 Å². The van der Waals surface area contributed by atoms with E-state index in [2.05, 4.69) is 25.8 Å². The van der Waals surface area contributed by atoms with Crippen molar-refractivity contribution in [3.63, 3.8) is 0 Å². The molecule has 0 saturated heterocycles. The first-order valence-corrected chi connectivity index (χ1v) is 8.08. The molecule has 0 aromatic heterocycles. The van der Waals surface area contributed by atoms with Gasteiger partial charge in [0.15, 0.2) is 0 Å². The Morgan fingerprint density at radius 2 is 1.95 bits per heavy atom. The van der Waals surface area contributed by atoms with Crippen LogP contribution in [0.4, 0.5) is 0 Å². The first kappa shape index (κ1) is 15.3. The third-order valence-electron chi connectivity index (χ3n) is 4.92. The minimum atomic E-state index is 0.383. The highest BCUT2D eigenvalue weighted by Crippen LogP contribution is 2.33. The van der Waals surface area contributed by atoms with Crippen molar-refractivity contribution in [2.75, 3.05) is 33.4 Å². The van der Waals surface area contributed by atoms with Gasteiger partial charge in [0, 0.05) is 25.7 Å². The number of ether oxygens (including phenoxy) is 1. The van der Waals surface area contributed by atoms with Crippen LogP contribution in [-0.4, -0.2) is 44.3 Å². The van der Waals surface area contributed by atoms with E-state index in [1.807, 2.05) is 0 Å². The molecule has 2 saturated carbocycles. The molecule has 0 bridgehead atoms. The fourth-order valence-electron chi connectivity index (χ4n) is 3.49. The Labute approximate surface area is 118 Å². The Bertz CT molecular complexity index is 255. The summed E-state index contributed by atoms with van der Waals surface area (Å²) in [5, 5.41) is 0. The zero-order valence-corrected chi connectivity index (χ0v) is 13.0. The van der Waals surface area contributed by atoms with E-state index >= 15 is 0 Å². The monoisotopic (exact) mass is 268 g/mol. The first-order chi connectivity index (χ1) is 9.06. The normalized spacial score (nSPS) is 35.8. The molecule has 0 aromatic carbocycles. The quantitative estimate of drug-likeness (QED) is 0.720. The van der Waals surface area contributed by atoms with Gasteiger partial charge in [0.05, 0.1) is 6.61 Å². The van der Waals surface area contributed by atoms with E-state index in [9.17, 15) is 0 Å². The second-order valence-electron chi connectivity index (χ2n) is 7.16. The molecule has 2 N–H and O–H groups in total. The lowest BCUT2D eigenvalue weighted by Gasteiger charge is -2.39. The SMILES string of the molecule is CC1CC(C)C(CN(C)CCOCC2CC2)C(N)C1. The average Bonchev–Trinajstić information content (AvgIpc) is 3.13. The third kappa shape index (κ3) is 5.05. The molecule has 4 unspecified atom stereocenters. The Balaban J connectivity index is 1.63. The number of rotatable bonds is 7. The van der Waals surface area contributed by atoms with Gasteiger partial charge in [-0.3, -0.25) is 0 Å². The van der Waals surface area contributed by atoms with E-state index in [1.165, 1.54) is 25.7 Å². The van der Waals surface area contributed by atoms with Crippen LogP contribution in [0.1, 0.15) is 39.5 Å². The Morgan fingerprint density at radius 1 is 1.21 bits per heavy atom. The third-order valence-corrected chi connectivity index (χ3v) is 4.92. The number of nitrogens with zero attached hydrogens (tertiary/aromatic N) is 1. The van der Waals surface area contributed by atoms with Crippen LogP contribution in [0.3, 0.4) is 0 Å². The minimum absolute atomic E-state index is 0.383. The van der Waals surface area contributed by atoms with Gasteiger partial charge in [-0.1, -0.05) is 13.8 Å². The fourth-order valence-corrected chi connectivity index (χ4v) is 3.49. The van der Waals surface area contributed by atoms with Crippen LogP contribution in [-0.2, 0) is 4.74 Å². The van der Waals surface area contributed by atoms with Gasteiger partial charge in [-0.05, 0) is 56.4 Å². The first-order valence-electron chi connectivity index (χ1n) is 8.08. The van der Waals surface area contributed by atoms with Gasteiger partial charge < -0.3 is 15.4 Å². The van der Waals surface area contributed by atoms with E-state index < -0.39 is 0 Å². The Hall–Kier alpha value is -0.120. The Kier molecular flexibility index (Phi) is 5.67. The maximum absolute atomic E-state index is 6.35. The van der Waals surface area contributed by atoms with E-state index in [0.29, 0.717) is 12.0 Å². The molecule has 0 radical (unpaired) electrons. The number of hydrogen-bond donors (Lipinski definition) is 1. The van der Waals surface area contributed by atoms with Gasteiger partial charge in [0.2, 0.25) is 0 Å². The molecule has 0 heterocycles. The van der Waals surface area contributed by atoms with Crippen LogP contribution in [0.2, 0.25) is 0 Å². The van der Waals surface area contributed by atoms with Crippen molar-refractivity contribution in [3.05, 3.63) is 0 Å². The van der Waals surface area contributed by atoms with Gasteiger partial charge in [0.25, 0.3) is 0 Å². The van der Waals surface area contributed by atoms with Crippen molar-refractivity contribution in [1.82, 2.24) is 4.90 Å². The molecule has 3 heteroatoms. The van der Waals surface area contributed by atoms with E-state index in [1.54, 1.807) is 0 Å². The van der Waals surface area contributed by atoms with Crippen LogP contribution in [0.15, 0.2) is 0 Å². The molecule has 2 aliphatic carbocycles. The van der Waals surface area contributed by atoms with Crippen molar-refractivity contribution in [1.29, 1.82) is 0 Å². The van der Waals surface area contributed by atoms with Crippen LogP contribution >= 0.6 is 0 Å². The molecular weight excluding hydrogens is 236 g/mol. The molecule has 3 nitrogen and oxygen atoms in total. The molecule has 2 fully saturated rings. The molecule has 0 amide bonds. The summed E-state index contributed by atoms with van der Waals surface area (Å²) in [6.45, 7) is 8.73. The largest absolute Gasteiger partial charge is 0.380 e. The lowest BCUT2D eigenvalue weighted by atomic mass is 9.72. The molecule has 0 aliphatic heterocycles. The van der Waals surface area contributed by atoms with Gasteiger partial charge in [-0.2, -0.15) is 0 Å². The molecule has 19 heavy (non-hydrogen) atoms. The number of nitrogens with two attached hydrogens (primary N) is 1. The predicted octanol–water partition coefficient (Wildman–Crippen LogP) is 2.35. The zero-order chi connectivity index (χ0) is 13.8. The highest BCUT2D eigenvalue weighted by molar-refractivity contribution is 4.86. The van der Waals surface area contributed by atoms with Crippen LogP contribution in [0.5, 0.6) is 0 Å². The molecule has 0 spiro atoms. The van der Waals surface area contributed by atoms with Crippen molar-refractivity contribution in [2.24, 2.45) is 29.4 Å². The standard InChI is InChI=1S/C16H32N2O/c1-12-8-13(2)15(16(17)9-12)10-18(3)6-7-19-11-14-4-5-14/h12-16H,4-11,17H2,1-3H3. The van der Waals surface area contributed by atoms with E-state index in [-0.39, 0.29) is 0 Å². The summed E-state index contributed by atoms with van der Waals surface area (Å²) in [5.41, 5.74) is 6.35. The minimum Gasteiger partial charge on any atom is -0.380 e. The molecule has 112 valence electrons. The Morgan fingerprint density at radius 3 is 2.58 bits per heavy atom. The van der Waals surface area contributed by atoms with E-state index in [0.717, 1.165) is 44.1 Å². The van der Waals surface area contributed by atoms with Crippen molar-refractivity contribution >= 4 is 0 Å². The van der Waals surface area contributed by atoms with E-state index in [4.69, 9.17) is 10.5 Å². The summed E-state index contributed by atoms with van der Waals surface area (Å²) < 4.78 is 5.72. The number of hydrogen-bond acceptors (Lipinski definition) is 3. The topological polar surface area (TPSA) is 38.5 Å². The predicted molar refractivity (Wildman–Crippen MR) is 80.1 cm³/mol. The maximum atomic E-state index is 6.35. The van der Waals surface area contributed by atoms with Crippen LogP contribution in [0, 0.1) is 23.7 Å². The smallest absolute Gasteiger partial charge is 0.0593 e.